The molecule has 4 rings (SSSR count). The number of nitrogens with zero attached hydrogens (tertiary/aromatic N) is 4. The molecule has 35 heavy (non-hydrogen) atoms. The molecule has 1 aliphatic carbocycles. The zero-order valence-electron chi connectivity index (χ0n) is 18.9. The van der Waals surface area contributed by atoms with E-state index in [1.807, 2.05) is 25.2 Å². The summed E-state index contributed by atoms with van der Waals surface area (Å²) in [6.45, 7) is 2.63. The number of hydrogen-bond acceptors (Lipinski definition) is 6. The van der Waals surface area contributed by atoms with Crippen LogP contribution in [0.4, 0.5) is 13.2 Å². The van der Waals surface area contributed by atoms with Crippen molar-refractivity contribution in [3.05, 3.63) is 53.9 Å². The van der Waals surface area contributed by atoms with Crippen molar-refractivity contribution in [3.8, 4) is 23.2 Å². The molecule has 0 spiro atoms. The number of halogens is 3. The Morgan fingerprint density at radius 2 is 2.03 bits per heavy atom. The largest absolute Gasteiger partial charge is 0.495 e. The van der Waals surface area contributed by atoms with Crippen LogP contribution in [-0.4, -0.2) is 42.3 Å². The van der Waals surface area contributed by atoms with E-state index in [1.165, 1.54) is 13.2 Å². The maximum Gasteiger partial charge on any atom is 0.404 e. The number of nitriles is 1. The van der Waals surface area contributed by atoms with Gasteiger partial charge in [0.05, 0.1) is 29.8 Å². The molecular weight excluding hydrogens is 483 g/mol. The Hall–Kier alpha value is -3.69. The summed E-state index contributed by atoms with van der Waals surface area (Å²) in [5.41, 5.74) is 2.82. The van der Waals surface area contributed by atoms with Crippen molar-refractivity contribution >= 4 is 26.8 Å². The molecule has 0 aromatic carbocycles. The molecule has 1 aliphatic rings. The van der Waals surface area contributed by atoms with Crippen LogP contribution in [0.15, 0.2) is 47.5 Å². The molecule has 3 aromatic rings. The van der Waals surface area contributed by atoms with E-state index in [1.54, 1.807) is 15.4 Å². The first-order valence-electron chi connectivity index (χ1n) is 10.5. The van der Waals surface area contributed by atoms with Crippen LogP contribution >= 0.6 is 0 Å². The van der Waals surface area contributed by atoms with E-state index < -0.39 is 27.1 Å². The van der Waals surface area contributed by atoms with Gasteiger partial charge in [0.15, 0.2) is 0 Å². The van der Waals surface area contributed by atoms with Crippen LogP contribution in [0.5, 0.6) is 5.75 Å². The summed E-state index contributed by atoms with van der Waals surface area (Å²) in [6, 6.07) is 4.12. The van der Waals surface area contributed by atoms with Crippen LogP contribution in [0.1, 0.15) is 25.1 Å². The third-order valence-corrected chi connectivity index (χ3v) is 7.08. The third kappa shape index (κ3) is 4.28. The molecule has 8 nitrogen and oxygen atoms in total. The van der Waals surface area contributed by atoms with Crippen molar-refractivity contribution in [2.45, 2.75) is 37.4 Å². The molecule has 0 radical (unpaired) electrons. The van der Waals surface area contributed by atoms with Crippen molar-refractivity contribution in [2.75, 3.05) is 7.11 Å². The molecule has 1 N–H and O–H groups in total. The minimum absolute atomic E-state index is 0.251. The summed E-state index contributed by atoms with van der Waals surface area (Å²) in [7, 11) is -2.96. The number of aromatic nitrogens is 3. The van der Waals surface area contributed by atoms with E-state index in [0.29, 0.717) is 41.5 Å². The van der Waals surface area contributed by atoms with Gasteiger partial charge >= 0.3 is 6.18 Å². The van der Waals surface area contributed by atoms with Gasteiger partial charge in [0.2, 0.25) is 10.0 Å². The van der Waals surface area contributed by atoms with Crippen LogP contribution in [0.3, 0.4) is 0 Å². The average molecular weight is 504 g/mol. The first kappa shape index (κ1) is 24.4. The Morgan fingerprint density at radius 1 is 1.31 bits per heavy atom. The summed E-state index contributed by atoms with van der Waals surface area (Å²) in [6.07, 6.45) is 2.27. The fraction of sp³-hybridized carbons (Fsp3) is 0.261. The second-order valence-electron chi connectivity index (χ2n) is 7.75. The van der Waals surface area contributed by atoms with E-state index in [0.717, 1.165) is 18.0 Å². The SMILES string of the molecule is CCc1nc2c(cc1OC)c(C#N)c(-c1ccc(S(=O)(=O)N[C@H](C)C(F)(F)F)cn1)n2C1=CC=C1. The first-order chi connectivity index (χ1) is 16.5. The summed E-state index contributed by atoms with van der Waals surface area (Å²) < 4.78 is 72.1. The van der Waals surface area contributed by atoms with Crippen LogP contribution in [0.25, 0.3) is 28.1 Å². The lowest BCUT2D eigenvalue weighted by Gasteiger charge is -2.17. The molecule has 0 unspecified atom stereocenters. The summed E-state index contributed by atoms with van der Waals surface area (Å²) >= 11 is 0. The van der Waals surface area contributed by atoms with Crippen molar-refractivity contribution in [3.63, 3.8) is 0 Å². The molecule has 12 heteroatoms. The molecule has 0 aliphatic heterocycles. The maximum absolute atomic E-state index is 12.8. The Kier molecular flexibility index (Phi) is 6.16. The van der Waals surface area contributed by atoms with Crippen molar-refractivity contribution in [1.29, 1.82) is 5.26 Å². The smallest absolute Gasteiger partial charge is 0.404 e. The minimum Gasteiger partial charge on any atom is -0.495 e. The van der Waals surface area contributed by atoms with Gasteiger partial charge in [-0.25, -0.2) is 13.4 Å². The predicted octanol–water partition coefficient (Wildman–Crippen LogP) is 4.18. The number of methoxy groups -OCH3 is 1. The molecular formula is C23H20F3N5O3S. The second-order valence-corrected chi connectivity index (χ2v) is 9.46. The highest BCUT2D eigenvalue weighted by molar-refractivity contribution is 7.89. The normalized spacial score (nSPS) is 14.4. The molecule has 3 heterocycles. The van der Waals surface area contributed by atoms with Gasteiger partial charge in [-0.3, -0.25) is 9.55 Å². The fourth-order valence-electron chi connectivity index (χ4n) is 3.64. The fourth-order valence-corrected chi connectivity index (χ4v) is 4.81. The predicted molar refractivity (Wildman–Crippen MR) is 123 cm³/mol. The topological polar surface area (TPSA) is 110 Å². The number of ether oxygens (including phenoxy) is 1. The highest BCUT2D eigenvalue weighted by Gasteiger charge is 2.39. The Bertz CT molecular complexity index is 1520. The number of allylic oxidation sites excluding steroid dienone is 4. The summed E-state index contributed by atoms with van der Waals surface area (Å²) in [5, 5.41) is 10.5. The van der Waals surface area contributed by atoms with Gasteiger partial charge in [-0.15, -0.1) is 0 Å². The Labute approximate surface area is 199 Å². The van der Waals surface area contributed by atoms with Gasteiger partial charge in [0, 0.05) is 17.3 Å². The Balaban J connectivity index is 1.87. The van der Waals surface area contributed by atoms with Gasteiger partial charge < -0.3 is 4.74 Å². The van der Waals surface area contributed by atoms with Gasteiger partial charge in [-0.1, -0.05) is 13.0 Å². The van der Waals surface area contributed by atoms with Crippen molar-refractivity contribution < 1.29 is 26.3 Å². The van der Waals surface area contributed by atoms with E-state index in [2.05, 4.69) is 11.1 Å². The highest BCUT2D eigenvalue weighted by atomic mass is 32.2. The molecule has 1 atom stereocenters. The van der Waals surface area contributed by atoms with Crippen LogP contribution in [0.2, 0.25) is 0 Å². The summed E-state index contributed by atoms with van der Waals surface area (Å²) in [4.78, 5) is 8.46. The lowest BCUT2D eigenvalue weighted by atomic mass is 10.1. The zero-order chi connectivity index (χ0) is 25.5. The number of nitrogens with one attached hydrogen (secondary N) is 1. The quantitative estimate of drug-likeness (QED) is 0.518. The summed E-state index contributed by atoms with van der Waals surface area (Å²) in [5.74, 6) is 0.526. The van der Waals surface area contributed by atoms with Gasteiger partial charge in [-0.2, -0.15) is 23.2 Å². The lowest BCUT2D eigenvalue weighted by molar-refractivity contribution is -0.147. The number of pyridine rings is 2. The van der Waals surface area contributed by atoms with Crippen molar-refractivity contribution in [2.24, 2.45) is 0 Å². The second kappa shape index (κ2) is 8.83. The molecule has 0 fully saturated rings. The lowest BCUT2D eigenvalue weighted by Crippen LogP contribution is -2.42. The maximum atomic E-state index is 12.8. The van der Waals surface area contributed by atoms with Gasteiger partial charge in [-0.05, 0) is 43.7 Å². The van der Waals surface area contributed by atoms with Crippen LogP contribution in [-0.2, 0) is 16.4 Å². The molecule has 3 aromatic heterocycles. The number of aryl methyl sites for hydroxylation is 1. The zero-order valence-corrected chi connectivity index (χ0v) is 19.7. The number of fused-ring (bicyclic) bond motifs is 1. The van der Waals surface area contributed by atoms with E-state index >= 15 is 0 Å². The minimum atomic E-state index is -4.74. The first-order valence-corrected chi connectivity index (χ1v) is 12.0. The van der Waals surface area contributed by atoms with Gasteiger partial charge in [0.25, 0.3) is 0 Å². The van der Waals surface area contributed by atoms with E-state index in [9.17, 15) is 26.9 Å². The monoisotopic (exact) mass is 503 g/mol. The van der Waals surface area contributed by atoms with Crippen LogP contribution in [0, 0.1) is 11.3 Å². The molecule has 0 saturated heterocycles. The van der Waals surface area contributed by atoms with Gasteiger partial charge in [0.1, 0.15) is 28.4 Å². The number of rotatable bonds is 7. The average Bonchev–Trinajstić information content (AvgIpc) is 3.09. The van der Waals surface area contributed by atoms with Crippen molar-refractivity contribution in [1.82, 2.24) is 19.3 Å². The van der Waals surface area contributed by atoms with E-state index in [4.69, 9.17) is 9.72 Å². The van der Waals surface area contributed by atoms with Crippen LogP contribution < -0.4 is 9.46 Å². The molecule has 0 bridgehead atoms. The molecule has 0 saturated carbocycles. The number of alkyl halides is 3. The Morgan fingerprint density at radius 3 is 2.51 bits per heavy atom. The standard InChI is InChI=1S/C23H20F3N5O3S/c1-4-18-20(34-3)10-16-17(11-27)21(31(22(16)29-18)14-6-5-7-14)19-9-8-15(12-28-19)35(32,33)30-13(2)23(24,25)26/h5-10,12-13,30H,4H2,1-3H3/t13-/m1/s1. The molecule has 182 valence electrons. The highest BCUT2D eigenvalue weighted by Crippen LogP contribution is 2.38. The third-order valence-electron chi connectivity index (χ3n) is 5.55. The van der Waals surface area contributed by atoms with E-state index in [-0.39, 0.29) is 11.3 Å². The molecule has 0 amide bonds. The number of sulfonamides is 1. The number of hydrogen-bond donors (Lipinski definition) is 1.